The fourth-order valence-electron chi connectivity index (χ4n) is 1.33. The zero-order valence-electron chi connectivity index (χ0n) is 9.16. The van der Waals surface area contributed by atoms with Crippen molar-refractivity contribution in [1.82, 2.24) is 10.2 Å². The Kier molecular flexibility index (Phi) is 3.14. The number of nitrogen functional groups attached to an aromatic ring is 1. The number of aromatic nitrogens is 2. The second kappa shape index (κ2) is 4.59. The number of nitrogens with two attached hydrogens (primary N) is 1. The van der Waals surface area contributed by atoms with E-state index in [0.29, 0.717) is 17.1 Å². The Bertz CT molecular complexity index is 519. The van der Waals surface area contributed by atoms with Gasteiger partial charge in [0, 0.05) is 0 Å². The van der Waals surface area contributed by atoms with Crippen molar-refractivity contribution in [3.8, 4) is 5.75 Å². The molecular formula is C11H10F3N3O. The fourth-order valence-corrected chi connectivity index (χ4v) is 1.33. The number of hydrogen-bond acceptors (Lipinski definition) is 3. The van der Waals surface area contributed by atoms with Crippen LogP contribution in [-0.2, 0) is 12.8 Å². The van der Waals surface area contributed by atoms with Crippen molar-refractivity contribution < 1.29 is 17.9 Å². The molecule has 4 nitrogen and oxygen atoms in total. The molecule has 0 saturated carbocycles. The van der Waals surface area contributed by atoms with Crippen LogP contribution in [0, 0.1) is 0 Å². The Morgan fingerprint density at radius 3 is 2.39 bits per heavy atom. The molecule has 2 rings (SSSR count). The second-order valence-corrected chi connectivity index (χ2v) is 3.61. The molecule has 1 aromatic carbocycles. The molecule has 0 radical (unpaired) electrons. The maximum absolute atomic E-state index is 12.3. The molecule has 0 atom stereocenters. The van der Waals surface area contributed by atoms with E-state index in [9.17, 15) is 13.2 Å². The minimum Gasteiger partial charge on any atom is -0.487 e. The highest BCUT2D eigenvalue weighted by Crippen LogP contribution is 2.30. The molecular weight excluding hydrogens is 247 g/mol. The van der Waals surface area contributed by atoms with Crippen LogP contribution < -0.4 is 10.5 Å². The van der Waals surface area contributed by atoms with Crippen LogP contribution in [0.2, 0.25) is 0 Å². The summed E-state index contributed by atoms with van der Waals surface area (Å²) in [5.74, 6) is 0.331. The minimum absolute atomic E-state index is 0.122. The summed E-state index contributed by atoms with van der Waals surface area (Å²) in [6, 6.07) is 4.45. The lowest BCUT2D eigenvalue weighted by atomic mass is 10.2. The van der Waals surface area contributed by atoms with Crippen LogP contribution in [0.25, 0.3) is 0 Å². The predicted octanol–water partition coefficient (Wildman–Crippen LogP) is 2.59. The zero-order valence-corrected chi connectivity index (χ0v) is 9.16. The number of alkyl halides is 3. The first kappa shape index (κ1) is 12.3. The monoisotopic (exact) mass is 257 g/mol. The summed E-state index contributed by atoms with van der Waals surface area (Å²) in [6.45, 7) is 0.122. The Morgan fingerprint density at radius 2 is 1.89 bits per heavy atom. The largest absolute Gasteiger partial charge is 0.487 e. The Morgan fingerprint density at radius 1 is 1.22 bits per heavy atom. The van der Waals surface area contributed by atoms with E-state index in [1.165, 1.54) is 18.3 Å². The van der Waals surface area contributed by atoms with E-state index >= 15 is 0 Å². The number of anilines is 1. The topological polar surface area (TPSA) is 63.9 Å². The van der Waals surface area contributed by atoms with Gasteiger partial charge in [-0.15, -0.1) is 0 Å². The molecule has 18 heavy (non-hydrogen) atoms. The van der Waals surface area contributed by atoms with Crippen molar-refractivity contribution in [2.24, 2.45) is 0 Å². The molecule has 0 saturated heterocycles. The van der Waals surface area contributed by atoms with E-state index in [2.05, 4.69) is 10.2 Å². The third kappa shape index (κ3) is 2.73. The Balaban J connectivity index is 2.01. The zero-order chi connectivity index (χ0) is 13.2. The highest BCUT2D eigenvalue weighted by molar-refractivity contribution is 5.39. The number of H-pyrrole nitrogens is 1. The van der Waals surface area contributed by atoms with Crippen LogP contribution in [0.1, 0.15) is 11.3 Å². The van der Waals surface area contributed by atoms with Crippen LogP contribution in [0.5, 0.6) is 5.75 Å². The smallest absolute Gasteiger partial charge is 0.416 e. The summed E-state index contributed by atoms with van der Waals surface area (Å²) in [4.78, 5) is 0. The maximum atomic E-state index is 12.3. The van der Waals surface area contributed by atoms with Crippen LogP contribution in [-0.4, -0.2) is 10.2 Å². The predicted molar refractivity (Wildman–Crippen MR) is 58.8 cm³/mol. The Labute approximate surface area is 101 Å². The van der Waals surface area contributed by atoms with E-state index in [1.807, 2.05) is 0 Å². The molecule has 0 aliphatic heterocycles. The molecule has 0 aliphatic rings. The van der Waals surface area contributed by atoms with Crippen LogP contribution in [0.4, 0.5) is 18.9 Å². The number of halogens is 3. The highest BCUT2D eigenvalue weighted by Gasteiger charge is 2.29. The van der Waals surface area contributed by atoms with Gasteiger partial charge < -0.3 is 10.5 Å². The average molecular weight is 257 g/mol. The van der Waals surface area contributed by atoms with Gasteiger partial charge in [-0.3, -0.25) is 5.10 Å². The maximum Gasteiger partial charge on any atom is 0.416 e. The number of aromatic amines is 1. The lowest BCUT2D eigenvalue weighted by molar-refractivity contribution is -0.137. The van der Waals surface area contributed by atoms with Crippen LogP contribution in [0.15, 0.2) is 30.5 Å². The average Bonchev–Trinajstić information content (AvgIpc) is 2.72. The standard InChI is InChI=1S/C11H10F3N3O/c12-11(13,14)7-1-3-8(4-2-7)18-6-10-9(15)5-16-17-10/h1-5H,6,15H2,(H,16,17). The highest BCUT2D eigenvalue weighted by atomic mass is 19.4. The first-order valence-electron chi connectivity index (χ1n) is 5.04. The summed E-state index contributed by atoms with van der Waals surface area (Å²) >= 11 is 0. The van der Waals surface area contributed by atoms with Gasteiger partial charge in [0.05, 0.1) is 23.1 Å². The van der Waals surface area contributed by atoms with Crippen LogP contribution >= 0.6 is 0 Å². The normalized spacial score (nSPS) is 11.5. The fraction of sp³-hybridized carbons (Fsp3) is 0.182. The van der Waals surface area contributed by atoms with E-state index in [1.54, 1.807) is 0 Å². The Hall–Kier alpha value is -2.18. The number of nitrogens with zero attached hydrogens (tertiary/aromatic N) is 1. The van der Waals surface area contributed by atoms with Crippen molar-refractivity contribution in [2.75, 3.05) is 5.73 Å². The van der Waals surface area contributed by atoms with E-state index in [0.717, 1.165) is 12.1 Å². The van der Waals surface area contributed by atoms with Gasteiger partial charge in [0.2, 0.25) is 0 Å². The van der Waals surface area contributed by atoms with Gasteiger partial charge in [-0.05, 0) is 24.3 Å². The number of nitrogens with one attached hydrogen (secondary N) is 1. The molecule has 0 aliphatic carbocycles. The summed E-state index contributed by atoms with van der Waals surface area (Å²) in [7, 11) is 0. The molecule has 96 valence electrons. The summed E-state index contributed by atoms with van der Waals surface area (Å²) in [5.41, 5.74) is 5.88. The number of hydrogen-bond donors (Lipinski definition) is 2. The molecule has 0 unspecified atom stereocenters. The van der Waals surface area contributed by atoms with E-state index in [4.69, 9.17) is 10.5 Å². The molecule has 1 aromatic heterocycles. The van der Waals surface area contributed by atoms with Gasteiger partial charge >= 0.3 is 6.18 Å². The van der Waals surface area contributed by atoms with Crippen molar-refractivity contribution in [1.29, 1.82) is 0 Å². The molecule has 0 bridgehead atoms. The molecule has 7 heteroatoms. The summed E-state index contributed by atoms with van der Waals surface area (Å²) < 4.78 is 42.2. The first-order valence-corrected chi connectivity index (χ1v) is 5.04. The second-order valence-electron chi connectivity index (χ2n) is 3.61. The van der Waals surface area contributed by atoms with Crippen molar-refractivity contribution in [3.05, 3.63) is 41.7 Å². The van der Waals surface area contributed by atoms with Gasteiger partial charge in [0.1, 0.15) is 12.4 Å². The third-order valence-corrected chi connectivity index (χ3v) is 2.32. The molecule has 3 N–H and O–H groups in total. The van der Waals surface area contributed by atoms with Gasteiger partial charge in [-0.25, -0.2) is 0 Å². The molecule has 1 heterocycles. The van der Waals surface area contributed by atoms with Gasteiger partial charge in [-0.1, -0.05) is 0 Å². The van der Waals surface area contributed by atoms with E-state index < -0.39 is 11.7 Å². The quantitative estimate of drug-likeness (QED) is 0.888. The molecule has 2 aromatic rings. The number of rotatable bonds is 3. The first-order chi connectivity index (χ1) is 8.47. The number of benzene rings is 1. The summed E-state index contributed by atoms with van der Waals surface area (Å²) in [6.07, 6.45) is -2.90. The lowest BCUT2D eigenvalue weighted by Crippen LogP contribution is -2.04. The minimum atomic E-state index is -4.34. The molecule has 0 fully saturated rings. The summed E-state index contributed by atoms with van der Waals surface area (Å²) in [5, 5.41) is 6.33. The van der Waals surface area contributed by atoms with Crippen molar-refractivity contribution >= 4 is 5.69 Å². The van der Waals surface area contributed by atoms with Gasteiger partial charge in [0.15, 0.2) is 0 Å². The van der Waals surface area contributed by atoms with Gasteiger partial charge in [-0.2, -0.15) is 18.3 Å². The molecule has 0 amide bonds. The van der Waals surface area contributed by atoms with Crippen LogP contribution in [0.3, 0.4) is 0 Å². The number of ether oxygens (including phenoxy) is 1. The van der Waals surface area contributed by atoms with Crippen molar-refractivity contribution in [2.45, 2.75) is 12.8 Å². The van der Waals surface area contributed by atoms with Crippen molar-refractivity contribution in [3.63, 3.8) is 0 Å². The molecule has 0 spiro atoms. The SMILES string of the molecule is Nc1cn[nH]c1COc1ccc(C(F)(F)F)cc1. The lowest BCUT2D eigenvalue weighted by Gasteiger charge is -2.08. The van der Waals surface area contributed by atoms with E-state index in [-0.39, 0.29) is 6.61 Å². The van der Waals surface area contributed by atoms with Gasteiger partial charge in [0.25, 0.3) is 0 Å². The third-order valence-electron chi connectivity index (χ3n) is 2.32.